The van der Waals surface area contributed by atoms with E-state index < -0.39 is 0 Å². The molecule has 0 saturated heterocycles. The van der Waals surface area contributed by atoms with Crippen LogP contribution in [0.2, 0.25) is 0 Å². The minimum Gasteiger partial charge on any atom is -0.336 e. The van der Waals surface area contributed by atoms with Crippen molar-refractivity contribution in [2.75, 3.05) is 7.05 Å². The Hall–Kier alpha value is -1.64. The first-order valence-corrected chi connectivity index (χ1v) is 4.94. The summed E-state index contributed by atoms with van der Waals surface area (Å²) in [5.74, 6) is 0.000746. The van der Waals surface area contributed by atoms with Gasteiger partial charge in [0.25, 0.3) is 0 Å². The van der Waals surface area contributed by atoms with Gasteiger partial charge >= 0.3 is 0 Å². The molecule has 0 spiro atoms. The maximum absolute atomic E-state index is 11.4. The summed E-state index contributed by atoms with van der Waals surface area (Å²) in [5, 5.41) is 0. The summed E-state index contributed by atoms with van der Waals surface area (Å²) in [6.07, 6.45) is 3.29. The summed E-state index contributed by atoms with van der Waals surface area (Å²) in [7, 11) is 1.77. The predicted octanol–water partition coefficient (Wildman–Crippen LogP) is 1.92. The molecular weight excluding hydrogens is 188 g/mol. The summed E-state index contributed by atoms with van der Waals surface area (Å²) in [6.45, 7) is 4.32. The molecule has 0 fully saturated rings. The normalized spacial score (nSPS) is 10.6. The van der Waals surface area contributed by atoms with Gasteiger partial charge in [-0.25, -0.2) is 0 Å². The molecule has 0 atom stereocenters. The summed E-state index contributed by atoms with van der Waals surface area (Å²) < 4.78 is 0. The molecule has 0 saturated carbocycles. The Morgan fingerprint density at radius 3 is 2.87 bits per heavy atom. The Kier molecular flexibility index (Phi) is 4.03. The van der Waals surface area contributed by atoms with Gasteiger partial charge in [-0.05, 0) is 32.1 Å². The van der Waals surface area contributed by atoms with E-state index in [1.54, 1.807) is 24.1 Å². The predicted molar refractivity (Wildman–Crippen MR) is 60.3 cm³/mol. The second-order valence-corrected chi connectivity index (χ2v) is 3.46. The number of hydrogen-bond donors (Lipinski definition) is 0. The van der Waals surface area contributed by atoms with Crippen LogP contribution in [-0.2, 0) is 11.3 Å². The van der Waals surface area contributed by atoms with Crippen LogP contribution in [0.5, 0.6) is 0 Å². The van der Waals surface area contributed by atoms with Crippen LogP contribution in [-0.4, -0.2) is 22.8 Å². The van der Waals surface area contributed by atoms with Crippen molar-refractivity contribution < 1.29 is 4.79 Å². The van der Waals surface area contributed by atoms with Gasteiger partial charge in [0.2, 0.25) is 5.91 Å². The zero-order valence-electron chi connectivity index (χ0n) is 9.40. The fourth-order valence-electron chi connectivity index (χ4n) is 1.28. The van der Waals surface area contributed by atoms with E-state index in [-0.39, 0.29) is 5.91 Å². The lowest BCUT2D eigenvalue weighted by atomic mass is 10.3. The molecule has 0 N–H and O–H groups in total. The molecule has 0 unspecified atom stereocenters. The van der Waals surface area contributed by atoms with Crippen LogP contribution in [0.4, 0.5) is 0 Å². The van der Waals surface area contributed by atoms with Gasteiger partial charge in [-0.1, -0.05) is 12.1 Å². The second-order valence-electron chi connectivity index (χ2n) is 3.46. The van der Waals surface area contributed by atoms with E-state index in [2.05, 4.69) is 4.98 Å². The van der Waals surface area contributed by atoms with Crippen LogP contribution in [0.3, 0.4) is 0 Å². The minimum absolute atomic E-state index is 0.000746. The zero-order chi connectivity index (χ0) is 11.3. The molecule has 0 bridgehead atoms. The highest BCUT2D eigenvalue weighted by Gasteiger charge is 2.05. The van der Waals surface area contributed by atoms with E-state index in [9.17, 15) is 4.79 Å². The third-order valence-corrected chi connectivity index (χ3v) is 2.03. The average Bonchev–Trinajstić information content (AvgIpc) is 2.18. The maximum Gasteiger partial charge on any atom is 0.246 e. The molecule has 3 nitrogen and oxygen atoms in total. The molecule has 0 aliphatic carbocycles. The molecule has 0 aliphatic rings. The topological polar surface area (TPSA) is 33.2 Å². The number of pyridine rings is 1. The fourth-order valence-corrected chi connectivity index (χ4v) is 1.28. The van der Waals surface area contributed by atoms with E-state index in [1.807, 2.05) is 32.0 Å². The fraction of sp³-hybridized carbons (Fsp3) is 0.333. The van der Waals surface area contributed by atoms with Crippen LogP contribution in [0.15, 0.2) is 30.4 Å². The molecule has 80 valence electrons. The monoisotopic (exact) mass is 204 g/mol. The minimum atomic E-state index is 0.000746. The molecule has 1 rings (SSSR count). The van der Waals surface area contributed by atoms with Crippen LogP contribution in [0.25, 0.3) is 0 Å². The van der Waals surface area contributed by atoms with Gasteiger partial charge in [-0.2, -0.15) is 0 Å². The van der Waals surface area contributed by atoms with Crippen molar-refractivity contribution in [1.29, 1.82) is 0 Å². The number of likely N-dealkylation sites (N-methyl/N-ethyl adjacent to an activating group) is 1. The van der Waals surface area contributed by atoms with E-state index in [1.165, 1.54) is 0 Å². The lowest BCUT2D eigenvalue weighted by Gasteiger charge is -2.14. The van der Waals surface area contributed by atoms with Crippen molar-refractivity contribution in [2.45, 2.75) is 20.4 Å². The Labute approximate surface area is 90.4 Å². The summed E-state index contributed by atoms with van der Waals surface area (Å²) in [6, 6.07) is 5.81. The first-order chi connectivity index (χ1) is 7.13. The summed E-state index contributed by atoms with van der Waals surface area (Å²) in [4.78, 5) is 17.4. The largest absolute Gasteiger partial charge is 0.336 e. The lowest BCUT2D eigenvalue weighted by Crippen LogP contribution is -2.24. The molecule has 0 aromatic carbocycles. The van der Waals surface area contributed by atoms with Gasteiger partial charge in [0.15, 0.2) is 0 Å². The number of hydrogen-bond acceptors (Lipinski definition) is 2. The van der Waals surface area contributed by atoms with Gasteiger partial charge < -0.3 is 4.90 Å². The Morgan fingerprint density at radius 2 is 2.27 bits per heavy atom. The van der Waals surface area contributed by atoms with Crippen LogP contribution >= 0.6 is 0 Å². The number of allylic oxidation sites excluding steroid dienone is 1. The first-order valence-electron chi connectivity index (χ1n) is 4.94. The van der Waals surface area contributed by atoms with Gasteiger partial charge in [0, 0.05) is 12.7 Å². The van der Waals surface area contributed by atoms with Gasteiger partial charge in [0.05, 0.1) is 12.2 Å². The SMILES string of the molecule is CC=CC(=O)N(C)Cc1cccc(C)n1. The third-order valence-electron chi connectivity index (χ3n) is 2.03. The number of carbonyl (C=O) groups is 1. The molecule has 0 radical (unpaired) electrons. The van der Waals surface area contributed by atoms with Crippen molar-refractivity contribution >= 4 is 5.91 Å². The van der Waals surface area contributed by atoms with E-state index in [4.69, 9.17) is 0 Å². The molecule has 0 aliphatic heterocycles. The molecule has 1 heterocycles. The van der Waals surface area contributed by atoms with Crippen LogP contribution in [0.1, 0.15) is 18.3 Å². The van der Waals surface area contributed by atoms with Crippen molar-refractivity contribution in [3.8, 4) is 0 Å². The van der Waals surface area contributed by atoms with Crippen molar-refractivity contribution in [3.05, 3.63) is 41.7 Å². The summed E-state index contributed by atoms with van der Waals surface area (Å²) >= 11 is 0. The van der Waals surface area contributed by atoms with Gasteiger partial charge in [0.1, 0.15) is 0 Å². The smallest absolute Gasteiger partial charge is 0.246 e. The van der Waals surface area contributed by atoms with Gasteiger partial charge in [-0.3, -0.25) is 9.78 Å². The average molecular weight is 204 g/mol. The van der Waals surface area contributed by atoms with Crippen molar-refractivity contribution in [2.24, 2.45) is 0 Å². The Bertz CT molecular complexity index is 372. The molecule has 1 aromatic heterocycles. The number of nitrogens with zero attached hydrogens (tertiary/aromatic N) is 2. The summed E-state index contributed by atoms with van der Waals surface area (Å²) in [5.41, 5.74) is 1.88. The highest BCUT2D eigenvalue weighted by Crippen LogP contribution is 2.02. The maximum atomic E-state index is 11.4. The third kappa shape index (κ3) is 3.54. The molecule has 1 amide bonds. The van der Waals surface area contributed by atoms with E-state index in [0.29, 0.717) is 6.54 Å². The van der Waals surface area contributed by atoms with Crippen molar-refractivity contribution in [3.63, 3.8) is 0 Å². The Balaban J connectivity index is 2.66. The number of amides is 1. The number of carbonyl (C=O) groups excluding carboxylic acids is 1. The number of aryl methyl sites for hydroxylation is 1. The standard InChI is InChI=1S/C12H16N2O/c1-4-6-12(15)14(3)9-11-8-5-7-10(2)13-11/h4-8H,9H2,1-3H3. The highest BCUT2D eigenvalue weighted by molar-refractivity contribution is 5.87. The number of rotatable bonds is 3. The van der Waals surface area contributed by atoms with Crippen LogP contribution < -0.4 is 0 Å². The van der Waals surface area contributed by atoms with Crippen molar-refractivity contribution in [1.82, 2.24) is 9.88 Å². The Morgan fingerprint density at radius 1 is 1.53 bits per heavy atom. The first kappa shape index (κ1) is 11.4. The van der Waals surface area contributed by atoms with E-state index in [0.717, 1.165) is 11.4 Å². The quantitative estimate of drug-likeness (QED) is 0.705. The zero-order valence-corrected chi connectivity index (χ0v) is 9.40. The van der Waals surface area contributed by atoms with Gasteiger partial charge in [-0.15, -0.1) is 0 Å². The molecule has 15 heavy (non-hydrogen) atoms. The lowest BCUT2D eigenvalue weighted by molar-refractivity contribution is -0.125. The molecule has 1 aromatic rings. The van der Waals surface area contributed by atoms with Crippen LogP contribution in [0, 0.1) is 6.92 Å². The molecular formula is C12H16N2O. The second kappa shape index (κ2) is 5.29. The highest BCUT2D eigenvalue weighted by atomic mass is 16.2. The number of aromatic nitrogens is 1. The van der Waals surface area contributed by atoms with E-state index >= 15 is 0 Å². The molecule has 3 heteroatoms.